The lowest BCUT2D eigenvalue weighted by atomic mass is 10.1. The number of hydrogen-bond acceptors (Lipinski definition) is 5. The van der Waals surface area contributed by atoms with E-state index in [0.717, 1.165) is 11.1 Å². The van der Waals surface area contributed by atoms with Gasteiger partial charge in [-0.2, -0.15) is 10.1 Å². The molecule has 0 fully saturated rings. The topological polar surface area (TPSA) is 73.8 Å². The summed E-state index contributed by atoms with van der Waals surface area (Å²) in [6.07, 6.45) is 0. The van der Waals surface area contributed by atoms with Crippen molar-refractivity contribution >= 4 is 0 Å². The monoisotopic (exact) mass is 362 g/mol. The van der Waals surface area contributed by atoms with Crippen LogP contribution in [0.4, 0.5) is 4.39 Å². The highest BCUT2D eigenvalue weighted by Crippen LogP contribution is 2.20. The maximum atomic E-state index is 13.1. The van der Waals surface area contributed by atoms with Crippen molar-refractivity contribution in [1.29, 1.82) is 0 Å². The van der Waals surface area contributed by atoms with E-state index in [2.05, 4.69) is 15.2 Å². The Labute approximate surface area is 153 Å². The maximum Gasteiger partial charge on any atom is 0.278 e. The molecule has 0 aliphatic heterocycles. The molecule has 134 valence electrons. The number of benzene rings is 2. The lowest BCUT2D eigenvalue weighted by Gasteiger charge is -2.06. The fraction of sp³-hybridized carbons (Fsp3) is 0.100. The number of aryl methyl sites for hydroxylation is 1. The van der Waals surface area contributed by atoms with E-state index in [9.17, 15) is 9.18 Å². The summed E-state index contributed by atoms with van der Waals surface area (Å²) in [6.45, 7) is 2.33. The molecular formula is C20H15FN4O2. The van der Waals surface area contributed by atoms with Crippen LogP contribution in [-0.4, -0.2) is 19.9 Å². The maximum absolute atomic E-state index is 13.1. The Bertz CT molecular complexity index is 1150. The van der Waals surface area contributed by atoms with Gasteiger partial charge in [0.05, 0.1) is 6.54 Å². The molecule has 0 saturated heterocycles. The zero-order valence-electron chi connectivity index (χ0n) is 14.5. The Morgan fingerprint density at radius 2 is 1.89 bits per heavy atom. The molecule has 0 aliphatic carbocycles. The molecule has 7 heteroatoms. The van der Waals surface area contributed by atoms with Gasteiger partial charge in [-0.3, -0.25) is 4.79 Å². The van der Waals surface area contributed by atoms with Gasteiger partial charge in [-0.15, -0.1) is 0 Å². The molecule has 27 heavy (non-hydrogen) atoms. The van der Waals surface area contributed by atoms with Gasteiger partial charge in [0, 0.05) is 11.6 Å². The summed E-state index contributed by atoms with van der Waals surface area (Å²) in [4.78, 5) is 16.4. The SMILES string of the molecule is Cc1cccc(Cn2nc(-c3nc(-c4ccc(F)cc4)no3)ccc2=O)c1. The van der Waals surface area contributed by atoms with Crippen LogP contribution in [0, 0.1) is 12.7 Å². The zero-order valence-corrected chi connectivity index (χ0v) is 14.5. The predicted molar refractivity (Wildman–Crippen MR) is 97.5 cm³/mol. The normalized spacial score (nSPS) is 10.9. The summed E-state index contributed by atoms with van der Waals surface area (Å²) < 4.78 is 19.7. The average molecular weight is 362 g/mol. The Hall–Kier alpha value is -3.61. The lowest BCUT2D eigenvalue weighted by Crippen LogP contribution is -2.22. The molecule has 2 aromatic heterocycles. The number of nitrogens with zero attached hydrogens (tertiary/aromatic N) is 4. The van der Waals surface area contributed by atoms with Gasteiger partial charge >= 0.3 is 0 Å². The third kappa shape index (κ3) is 3.67. The summed E-state index contributed by atoms with van der Waals surface area (Å²) in [6, 6.07) is 16.6. The third-order valence-electron chi connectivity index (χ3n) is 4.03. The van der Waals surface area contributed by atoms with Crippen LogP contribution in [0.25, 0.3) is 23.0 Å². The smallest absolute Gasteiger partial charge is 0.278 e. The highest BCUT2D eigenvalue weighted by Gasteiger charge is 2.13. The second-order valence-electron chi connectivity index (χ2n) is 6.13. The molecule has 0 spiro atoms. The van der Waals surface area contributed by atoms with Crippen LogP contribution >= 0.6 is 0 Å². The summed E-state index contributed by atoms with van der Waals surface area (Å²) in [5.74, 6) is 0.169. The van der Waals surface area contributed by atoms with Gasteiger partial charge in [0.25, 0.3) is 11.4 Å². The minimum absolute atomic E-state index is 0.187. The average Bonchev–Trinajstić information content (AvgIpc) is 3.14. The minimum atomic E-state index is -0.340. The molecule has 2 heterocycles. The van der Waals surface area contributed by atoms with E-state index >= 15 is 0 Å². The van der Waals surface area contributed by atoms with Crippen LogP contribution in [0.15, 0.2) is 70.0 Å². The first-order chi connectivity index (χ1) is 13.1. The van der Waals surface area contributed by atoms with Gasteiger partial charge in [0.1, 0.15) is 11.5 Å². The molecule has 4 rings (SSSR count). The van der Waals surface area contributed by atoms with Gasteiger partial charge in [0.15, 0.2) is 0 Å². The molecule has 0 atom stereocenters. The molecule has 0 N–H and O–H groups in total. The highest BCUT2D eigenvalue weighted by molar-refractivity contribution is 5.57. The van der Waals surface area contributed by atoms with Crippen LogP contribution in [-0.2, 0) is 6.54 Å². The standard InChI is InChI=1S/C20H15FN4O2/c1-13-3-2-4-14(11-13)12-25-18(26)10-9-17(23-25)20-22-19(24-27-20)15-5-7-16(21)8-6-15/h2-11H,12H2,1H3. The third-order valence-corrected chi connectivity index (χ3v) is 4.03. The van der Waals surface area contributed by atoms with Crippen molar-refractivity contribution in [2.75, 3.05) is 0 Å². The fourth-order valence-corrected chi connectivity index (χ4v) is 2.70. The van der Waals surface area contributed by atoms with Crippen molar-refractivity contribution in [1.82, 2.24) is 19.9 Å². The first kappa shape index (κ1) is 16.8. The summed E-state index contributed by atoms with van der Waals surface area (Å²) in [7, 11) is 0. The van der Waals surface area contributed by atoms with Gasteiger partial charge in [-0.25, -0.2) is 9.07 Å². The Kier molecular flexibility index (Phi) is 4.33. The molecule has 0 saturated carbocycles. The van der Waals surface area contributed by atoms with E-state index in [0.29, 0.717) is 23.6 Å². The first-order valence-corrected chi connectivity index (χ1v) is 8.32. The highest BCUT2D eigenvalue weighted by atomic mass is 19.1. The van der Waals surface area contributed by atoms with Crippen LogP contribution < -0.4 is 5.56 Å². The van der Waals surface area contributed by atoms with E-state index in [1.165, 1.54) is 28.9 Å². The molecule has 6 nitrogen and oxygen atoms in total. The van der Waals surface area contributed by atoms with Gasteiger partial charge in [-0.05, 0) is 42.8 Å². The molecule has 4 aromatic rings. The van der Waals surface area contributed by atoms with Gasteiger partial charge in [0.2, 0.25) is 5.82 Å². The molecule has 2 aromatic carbocycles. The van der Waals surface area contributed by atoms with Gasteiger partial charge in [-0.1, -0.05) is 35.0 Å². The predicted octanol–water partition coefficient (Wildman–Crippen LogP) is 3.46. The minimum Gasteiger partial charge on any atom is -0.332 e. The fourth-order valence-electron chi connectivity index (χ4n) is 2.70. The number of hydrogen-bond donors (Lipinski definition) is 0. The van der Waals surface area contributed by atoms with Crippen molar-refractivity contribution in [3.63, 3.8) is 0 Å². The second kappa shape index (κ2) is 6.95. The molecule has 0 unspecified atom stereocenters. The van der Waals surface area contributed by atoms with Crippen LogP contribution in [0.1, 0.15) is 11.1 Å². The number of aromatic nitrogens is 4. The molecule has 0 radical (unpaired) electrons. The van der Waals surface area contributed by atoms with Gasteiger partial charge < -0.3 is 4.52 Å². The summed E-state index contributed by atoms with van der Waals surface area (Å²) in [5.41, 5.74) is 2.87. The quantitative estimate of drug-likeness (QED) is 0.556. The van der Waals surface area contributed by atoms with Crippen molar-refractivity contribution in [2.24, 2.45) is 0 Å². The Morgan fingerprint density at radius 1 is 1.07 bits per heavy atom. The van der Waals surface area contributed by atoms with Crippen molar-refractivity contribution < 1.29 is 8.91 Å². The molecule has 0 amide bonds. The van der Waals surface area contributed by atoms with E-state index in [1.807, 2.05) is 31.2 Å². The Morgan fingerprint density at radius 3 is 2.67 bits per heavy atom. The molecule has 0 bridgehead atoms. The second-order valence-corrected chi connectivity index (χ2v) is 6.13. The molecular weight excluding hydrogens is 347 g/mol. The Balaban J connectivity index is 1.65. The van der Waals surface area contributed by atoms with E-state index in [1.54, 1.807) is 12.1 Å². The van der Waals surface area contributed by atoms with Crippen molar-refractivity contribution in [3.05, 3.63) is 88.0 Å². The number of halogens is 1. The van der Waals surface area contributed by atoms with E-state index < -0.39 is 0 Å². The number of rotatable bonds is 4. The van der Waals surface area contributed by atoms with E-state index in [4.69, 9.17) is 4.52 Å². The van der Waals surface area contributed by atoms with Crippen LogP contribution in [0.5, 0.6) is 0 Å². The van der Waals surface area contributed by atoms with Crippen LogP contribution in [0.3, 0.4) is 0 Å². The lowest BCUT2D eigenvalue weighted by molar-refractivity contribution is 0.429. The summed E-state index contributed by atoms with van der Waals surface area (Å²) in [5, 5.41) is 8.24. The summed E-state index contributed by atoms with van der Waals surface area (Å²) >= 11 is 0. The van der Waals surface area contributed by atoms with Crippen molar-refractivity contribution in [3.8, 4) is 23.0 Å². The first-order valence-electron chi connectivity index (χ1n) is 8.32. The molecule has 0 aliphatic rings. The van der Waals surface area contributed by atoms with Crippen molar-refractivity contribution in [2.45, 2.75) is 13.5 Å². The van der Waals surface area contributed by atoms with Crippen LogP contribution in [0.2, 0.25) is 0 Å². The zero-order chi connectivity index (χ0) is 18.8. The van der Waals surface area contributed by atoms with E-state index in [-0.39, 0.29) is 17.3 Å². The largest absolute Gasteiger partial charge is 0.332 e.